The van der Waals surface area contributed by atoms with Crippen molar-refractivity contribution in [1.29, 1.82) is 0 Å². The van der Waals surface area contributed by atoms with Crippen LogP contribution in [0.3, 0.4) is 0 Å². The zero-order valence-electron chi connectivity index (χ0n) is 17.8. The highest BCUT2D eigenvalue weighted by Crippen LogP contribution is 2.39. The second kappa shape index (κ2) is 11.0. The van der Waals surface area contributed by atoms with E-state index in [1.807, 2.05) is 50.2 Å². The molecule has 0 spiro atoms. The van der Waals surface area contributed by atoms with E-state index in [4.69, 9.17) is 28.1 Å². The molecular weight excluding hydrogens is 490 g/mol. The molecule has 1 aliphatic rings. The molecule has 0 aromatic heterocycles. The number of hydrogen-bond acceptors (Lipinski definition) is 4. The summed E-state index contributed by atoms with van der Waals surface area (Å²) in [5.41, 5.74) is 3.02. The summed E-state index contributed by atoms with van der Waals surface area (Å²) in [5.74, 6) is 3.31. The second-order valence-corrected chi connectivity index (χ2v) is 8.25. The van der Waals surface area contributed by atoms with Crippen LogP contribution >= 0.6 is 28.1 Å². The lowest BCUT2D eigenvalue weighted by Crippen LogP contribution is -2.46. The number of amides is 1. The van der Waals surface area contributed by atoms with Gasteiger partial charge in [-0.15, -0.1) is 6.42 Å². The van der Waals surface area contributed by atoms with E-state index in [9.17, 15) is 4.79 Å². The van der Waals surface area contributed by atoms with Crippen molar-refractivity contribution in [3.8, 4) is 23.8 Å². The SMILES string of the molecule is C#CCOc1cc(Br)c([C@H]2NC(=S)NC(C)=C2C(=O)NCc2ccccc2)cc1OCC. The van der Waals surface area contributed by atoms with Crippen molar-refractivity contribution in [3.63, 3.8) is 0 Å². The summed E-state index contributed by atoms with van der Waals surface area (Å²) in [5, 5.41) is 9.69. The van der Waals surface area contributed by atoms with Gasteiger partial charge in [-0.2, -0.15) is 0 Å². The minimum absolute atomic E-state index is 0.119. The van der Waals surface area contributed by atoms with Gasteiger partial charge in [0.25, 0.3) is 5.91 Å². The highest BCUT2D eigenvalue weighted by molar-refractivity contribution is 9.10. The lowest BCUT2D eigenvalue weighted by atomic mass is 9.94. The van der Waals surface area contributed by atoms with Gasteiger partial charge in [0.15, 0.2) is 16.6 Å². The van der Waals surface area contributed by atoms with Crippen molar-refractivity contribution in [2.75, 3.05) is 13.2 Å². The minimum Gasteiger partial charge on any atom is -0.490 e. The number of halogens is 1. The van der Waals surface area contributed by atoms with E-state index >= 15 is 0 Å². The third-order valence-corrected chi connectivity index (χ3v) is 5.70. The summed E-state index contributed by atoms with van der Waals surface area (Å²) in [6.07, 6.45) is 5.33. The molecule has 0 radical (unpaired) electrons. The first-order valence-corrected chi connectivity index (χ1v) is 11.3. The Balaban J connectivity index is 1.95. The molecule has 0 unspecified atom stereocenters. The maximum Gasteiger partial charge on any atom is 0.251 e. The molecular formula is C24H24BrN3O3S. The number of hydrogen-bond donors (Lipinski definition) is 3. The number of rotatable bonds is 8. The van der Waals surface area contributed by atoms with Crippen molar-refractivity contribution >= 4 is 39.2 Å². The minimum atomic E-state index is -0.491. The van der Waals surface area contributed by atoms with Gasteiger partial charge in [0, 0.05) is 16.7 Å². The lowest BCUT2D eigenvalue weighted by Gasteiger charge is -2.31. The van der Waals surface area contributed by atoms with Crippen molar-refractivity contribution in [2.45, 2.75) is 26.4 Å². The van der Waals surface area contributed by atoms with Crippen molar-refractivity contribution in [2.24, 2.45) is 0 Å². The number of carbonyl (C=O) groups excluding carboxylic acids is 1. The molecule has 6 nitrogen and oxygen atoms in total. The summed E-state index contributed by atoms with van der Waals surface area (Å²) in [7, 11) is 0. The number of thiocarbonyl (C=S) groups is 1. The molecule has 0 aliphatic carbocycles. The van der Waals surface area contributed by atoms with Crippen LogP contribution in [0.4, 0.5) is 0 Å². The summed E-state index contributed by atoms with van der Waals surface area (Å²) in [6, 6.07) is 12.9. The molecule has 0 saturated heterocycles. The van der Waals surface area contributed by atoms with E-state index in [1.165, 1.54) is 0 Å². The molecule has 32 heavy (non-hydrogen) atoms. The number of nitrogens with one attached hydrogen (secondary N) is 3. The van der Waals surface area contributed by atoms with E-state index < -0.39 is 6.04 Å². The summed E-state index contributed by atoms with van der Waals surface area (Å²) in [6.45, 7) is 4.70. The monoisotopic (exact) mass is 513 g/mol. The largest absolute Gasteiger partial charge is 0.490 e. The Morgan fingerprint density at radius 1 is 1.25 bits per heavy atom. The van der Waals surface area contributed by atoms with Crippen LogP contribution in [0.2, 0.25) is 0 Å². The standard InChI is InChI=1S/C24H24BrN3O3S/c1-4-11-31-20-13-18(25)17(12-19(20)30-5-2)22-21(15(3)27-24(32)28-22)23(29)26-14-16-9-7-6-8-10-16/h1,6-10,12-13,22H,5,11,14H2,2-3H3,(H,26,29)(H2,27,28,32)/t22-/m1/s1. The average Bonchev–Trinajstić information content (AvgIpc) is 2.77. The van der Waals surface area contributed by atoms with Crippen LogP contribution in [0, 0.1) is 12.3 Å². The van der Waals surface area contributed by atoms with Crippen LogP contribution in [0.5, 0.6) is 11.5 Å². The lowest BCUT2D eigenvalue weighted by molar-refractivity contribution is -0.118. The van der Waals surface area contributed by atoms with Crippen LogP contribution in [0.25, 0.3) is 0 Å². The van der Waals surface area contributed by atoms with Gasteiger partial charge < -0.3 is 25.4 Å². The van der Waals surface area contributed by atoms with E-state index in [1.54, 1.807) is 6.07 Å². The topological polar surface area (TPSA) is 71.6 Å². The van der Waals surface area contributed by atoms with Gasteiger partial charge in [0.1, 0.15) is 6.61 Å². The van der Waals surface area contributed by atoms with E-state index in [2.05, 4.69) is 37.8 Å². The van der Waals surface area contributed by atoms with Gasteiger partial charge in [-0.3, -0.25) is 4.79 Å². The van der Waals surface area contributed by atoms with Gasteiger partial charge >= 0.3 is 0 Å². The Morgan fingerprint density at radius 3 is 2.66 bits per heavy atom. The molecule has 3 rings (SSSR count). The molecule has 1 amide bonds. The first-order chi connectivity index (χ1) is 15.4. The smallest absolute Gasteiger partial charge is 0.251 e. The van der Waals surface area contributed by atoms with E-state index in [0.29, 0.717) is 41.0 Å². The number of carbonyl (C=O) groups is 1. The zero-order chi connectivity index (χ0) is 23.1. The predicted molar refractivity (Wildman–Crippen MR) is 132 cm³/mol. The summed E-state index contributed by atoms with van der Waals surface area (Å²) in [4.78, 5) is 13.2. The van der Waals surface area contributed by atoms with Gasteiger partial charge in [0.2, 0.25) is 0 Å². The Bertz CT molecular complexity index is 1080. The van der Waals surface area contributed by atoms with Crippen LogP contribution in [0.1, 0.15) is 31.0 Å². The molecule has 0 saturated carbocycles. The normalized spacial score (nSPS) is 15.3. The second-order valence-electron chi connectivity index (χ2n) is 6.98. The molecule has 3 N–H and O–H groups in total. The molecule has 8 heteroatoms. The fourth-order valence-electron chi connectivity index (χ4n) is 3.37. The molecule has 2 aromatic rings. The number of terminal acetylenes is 1. The van der Waals surface area contributed by atoms with Crippen LogP contribution < -0.4 is 25.4 Å². The third-order valence-electron chi connectivity index (χ3n) is 4.79. The maximum absolute atomic E-state index is 13.2. The first kappa shape index (κ1) is 23.6. The highest BCUT2D eigenvalue weighted by Gasteiger charge is 2.32. The van der Waals surface area contributed by atoms with Crippen LogP contribution in [-0.2, 0) is 11.3 Å². The van der Waals surface area contributed by atoms with Crippen molar-refractivity contribution < 1.29 is 14.3 Å². The summed E-state index contributed by atoms with van der Waals surface area (Å²) < 4.78 is 12.1. The number of ether oxygens (including phenoxy) is 2. The highest BCUT2D eigenvalue weighted by atomic mass is 79.9. The van der Waals surface area contributed by atoms with E-state index in [0.717, 1.165) is 15.6 Å². The number of allylic oxidation sites excluding steroid dienone is 1. The number of benzene rings is 2. The molecule has 1 atom stereocenters. The van der Waals surface area contributed by atoms with Gasteiger partial charge in [-0.25, -0.2) is 0 Å². The predicted octanol–water partition coefficient (Wildman–Crippen LogP) is 3.97. The van der Waals surface area contributed by atoms with E-state index in [-0.39, 0.29) is 12.5 Å². The first-order valence-electron chi connectivity index (χ1n) is 10.1. The third kappa shape index (κ3) is 5.61. The van der Waals surface area contributed by atoms with Gasteiger partial charge in [0.05, 0.1) is 18.2 Å². The Morgan fingerprint density at radius 2 is 1.97 bits per heavy atom. The molecule has 1 heterocycles. The van der Waals surface area contributed by atoms with Gasteiger partial charge in [-0.1, -0.05) is 52.2 Å². The maximum atomic E-state index is 13.2. The molecule has 0 fully saturated rings. The Hall–Kier alpha value is -3.02. The van der Waals surface area contributed by atoms with Crippen LogP contribution in [0.15, 0.2) is 58.2 Å². The summed E-state index contributed by atoms with van der Waals surface area (Å²) >= 11 is 8.98. The Kier molecular flexibility index (Phi) is 8.14. The average molecular weight is 514 g/mol. The molecule has 0 bridgehead atoms. The van der Waals surface area contributed by atoms with Crippen molar-refractivity contribution in [1.82, 2.24) is 16.0 Å². The quantitative estimate of drug-likeness (QED) is 0.366. The molecule has 2 aromatic carbocycles. The Labute approximate surface area is 201 Å². The van der Waals surface area contributed by atoms with Crippen molar-refractivity contribution in [3.05, 3.63) is 69.3 Å². The molecule has 166 valence electrons. The van der Waals surface area contributed by atoms with Crippen LogP contribution in [-0.4, -0.2) is 24.2 Å². The fourth-order valence-corrected chi connectivity index (χ4v) is 4.20. The van der Waals surface area contributed by atoms with Gasteiger partial charge in [-0.05, 0) is 49.3 Å². The molecule has 1 aliphatic heterocycles. The zero-order valence-corrected chi connectivity index (χ0v) is 20.2. The fraction of sp³-hybridized carbons (Fsp3) is 0.250.